The fourth-order valence-electron chi connectivity index (χ4n) is 10.1. The minimum absolute atomic E-state index is 0.00584. The van der Waals surface area contributed by atoms with Gasteiger partial charge in [0.05, 0.1) is 25.5 Å². The zero-order valence-electron chi connectivity index (χ0n) is 52.5. The molecule has 12 atom stereocenters. The summed E-state index contributed by atoms with van der Waals surface area (Å²) in [6.07, 6.45) is 1.78. The van der Waals surface area contributed by atoms with Gasteiger partial charge >= 0.3 is 5.97 Å². The second kappa shape index (κ2) is 38.7. The Morgan fingerprint density at radius 1 is 0.702 bits per heavy atom. The first kappa shape index (κ1) is 77.1. The van der Waals surface area contributed by atoms with E-state index in [9.17, 15) is 77.3 Å². The summed E-state index contributed by atoms with van der Waals surface area (Å²) in [5.41, 5.74) is 17.2. The number of aliphatic hydroxyl groups is 1. The molecule has 4 saturated heterocycles. The Labute approximate surface area is 557 Å². The maximum absolute atomic E-state index is 14.9. The summed E-state index contributed by atoms with van der Waals surface area (Å²) in [6.45, 7) is 5.27. The Bertz CT molecular complexity index is 2890. The van der Waals surface area contributed by atoms with Crippen molar-refractivity contribution in [1.29, 1.82) is 0 Å². The number of nitrogens with two attached hydrogens (primary N) is 3. The topological polar surface area (TPSA) is 546 Å². The minimum atomic E-state index is -1.71. The van der Waals surface area contributed by atoms with E-state index in [2.05, 4.69) is 78.8 Å². The lowest BCUT2D eigenvalue weighted by Gasteiger charge is -2.31. The summed E-state index contributed by atoms with van der Waals surface area (Å²) in [5, 5.41) is 52.5. The van der Waals surface area contributed by atoms with Crippen molar-refractivity contribution in [2.24, 2.45) is 34.0 Å². The first-order chi connectivity index (χ1) is 44.6. The third kappa shape index (κ3) is 24.9. The van der Waals surface area contributed by atoms with E-state index < -0.39 is 174 Å². The number of aliphatic hydroxyl groups excluding tert-OH is 1. The number of aromatic amines is 1. The average Bonchev–Trinajstić information content (AvgIpc) is 1.63. The van der Waals surface area contributed by atoms with Gasteiger partial charge in [-0.2, -0.15) is 0 Å². The first-order valence-corrected chi connectivity index (χ1v) is 35.6. The number of aliphatic carboxylic acids is 1. The number of hydrogen-bond acceptors (Lipinski definition) is 22. The van der Waals surface area contributed by atoms with Gasteiger partial charge in [-0.25, -0.2) is 9.78 Å². The van der Waals surface area contributed by atoms with Crippen molar-refractivity contribution >= 4 is 132 Å². The van der Waals surface area contributed by atoms with Crippen LogP contribution >= 0.6 is 43.2 Å². The largest absolute Gasteiger partial charge is 0.480 e. The van der Waals surface area contributed by atoms with Crippen molar-refractivity contribution < 1.29 is 77.3 Å². The van der Waals surface area contributed by atoms with Gasteiger partial charge in [0.25, 0.3) is 0 Å². The Hall–Kier alpha value is -7.62. The van der Waals surface area contributed by atoms with Crippen molar-refractivity contribution in [1.82, 2.24) is 78.7 Å². The summed E-state index contributed by atoms with van der Waals surface area (Å²) in [5.74, 6) is -15.5. The van der Waals surface area contributed by atoms with E-state index >= 15 is 0 Å². The Balaban J connectivity index is 1.59. The molecule has 5 heterocycles. The number of carbonyl (C=O) groups is 14. The second-order valence-electron chi connectivity index (χ2n) is 23.4. The molecule has 39 heteroatoms. The molecule has 0 unspecified atom stereocenters. The lowest BCUT2D eigenvalue weighted by Crippen LogP contribution is -2.61. The van der Waals surface area contributed by atoms with Crippen LogP contribution in [0.25, 0.3) is 0 Å². The van der Waals surface area contributed by atoms with Crippen LogP contribution in [-0.2, 0) is 73.5 Å². The summed E-state index contributed by atoms with van der Waals surface area (Å²) in [7, 11) is 3.48. The van der Waals surface area contributed by atoms with Gasteiger partial charge in [-0.15, -0.1) is 0 Å². The van der Waals surface area contributed by atoms with E-state index in [1.165, 1.54) is 12.5 Å². The van der Waals surface area contributed by atoms with Gasteiger partial charge < -0.3 is 101 Å². The molecule has 1 aromatic heterocycles. The fourth-order valence-corrected chi connectivity index (χ4v) is 14.7. The molecule has 13 amide bonds. The monoisotopic (exact) mass is 1400 g/mol. The Morgan fingerprint density at radius 3 is 1.96 bits per heavy atom. The number of aromatic nitrogens is 2. The van der Waals surface area contributed by atoms with Crippen LogP contribution in [0.2, 0.25) is 0 Å². The molecule has 94 heavy (non-hydrogen) atoms. The molecule has 1 aromatic rings. The van der Waals surface area contributed by atoms with Crippen molar-refractivity contribution in [3.63, 3.8) is 0 Å². The van der Waals surface area contributed by atoms with Gasteiger partial charge in [0.1, 0.15) is 66.5 Å². The highest BCUT2D eigenvalue weighted by Gasteiger charge is 2.45. The predicted molar refractivity (Wildman–Crippen MR) is 348 cm³/mol. The zero-order valence-corrected chi connectivity index (χ0v) is 55.8. The van der Waals surface area contributed by atoms with E-state index in [-0.39, 0.29) is 106 Å². The Kier molecular flexibility index (Phi) is 31.7. The van der Waals surface area contributed by atoms with Gasteiger partial charge in [0.2, 0.25) is 76.8 Å². The van der Waals surface area contributed by atoms with E-state index in [1.54, 1.807) is 27.7 Å². The van der Waals surface area contributed by atoms with Crippen molar-refractivity contribution in [3.8, 4) is 0 Å². The summed E-state index contributed by atoms with van der Waals surface area (Å²) < 4.78 is 0. The predicted octanol–water partition coefficient (Wildman–Crippen LogP) is -6.45. The van der Waals surface area contributed by atoms with Crippen LogP contribution in [0.4, 0.5) is 0 Å². The Morgan fingerprint density at radius 2 is 1.33 bits per heavy atom. The molecule has 35 nitrogen and oxygen atoms in total. The normalized spacial score (nSPS) is 26.5. The minimum Gasteiger partial charge on any atom is -0.480 e. The molecule has 0 aliphatic carbocycles. The van der Waals surface area contributed by atoms with Gasteiger partial charge in [-0.05, 0) is 69.7 Å². The van der Waals surface area contributed by atoms with Gasteiger partial charge in [0, 0.05) is 60.8 Å². The number of H-pyrrole nitrogens is 1. The van der Waals surface area contributed by atoms with E-state index in [0.717, 1.165) is 48.1 Å². The number of guanidine groups is 1. The lowest BCUT2D eigenvalue weighted by atomic mass is 10.0. The first-order valence-electron chi connectivity index (χ1n) is 30.6. The highest BCUT2D eigenvalue weighted by molar-refractivity contribution is 8.77. The quantitative estimate of drug-likeness (QED) is 0.0250. The van der Waals surface area contributed by atoms with Crippen LogP contribution in [0, 0.1) is 11.8 Å². The van der Waals surface area contributed by atoms with Crippen LogP contribution in [0.1, 0.15) is 91.2 Å². The van der Waals surface area contributed by atoms with Crippen molar-refractivity contribution in [2.75, 3.05) is 55.7 Å². The molecular weight excluding hydrogens is 1310 g/mol. The smallest absolute Gasteiger partial charge is 0.327 e. The van der Waals surface area contributed by atoms with Crippen LogP contribution in [0.3, 0.4) is 0 Å². The molecule has 4 fully saturated rings. The maximum atomic E-state index is 14.9. The molecule has 0 spiro atoms. The number of rotatable bonds is 20. The number of hydrogen-bond donors (Lipinski definition) is 18. The van der Waals surface area contributed by atoms with Crippen LogP contribution in [0.15, 0.2) is 17.5 Å². The van der Waals surface area contributed by atoms with E-state index in [0.29, 0.717) is 18.5 Å². The number of unbranched alkanes of at least 4 members (excludes halogenated alkanes) is 1. The molecular formula is C55H87N19O16S4. The number of carboxylic acids is 1. The van der Waals surface area contributed by atoms with Gasteiger partial charge in [-0.3, -0.25) is 67.3 Å². The second-order valence-corrected chi connectivity index (χ2v) is 28.5. The summed E-state index contributed by atoms with van der Waals surface area (Å²) in [6, 6.07) is -16.1. The van der Waals surface area contributed by atoms with Crippen LogP contribution in [0.5, 0.6) is 0 Å². The summed E-state index contributed by atoms with van der Waals surface area (Å²) >= 11 is 0. The molecule has 0 radical (unpaired) electrons. The fraction of sp³-hybridized carbons (Fsp3) is 0.673. The number of imidazole rings is 1. The molecule has 5 rings (SSSR count). The zero-order chi connectivity index (χ0) is 69.2. The molecule has 4 aliphatic rings. The molecule has 2 bridgehead atoms. The van der Waals surface area contributed by atoms with Gasteiger partial charge in [-0.1, -0.05) is 70.9 Å². The number of carboxylic acid groups (broad SMARTS) is 1. The third-order valence-corrected chi connectivity index (χ3v) is 19.9. The number of fused-ring (bicyclic) bond motifs is 6. The lowest BCUT2D eigenvalue weighted by molar-refractivity contribution is -0.146. The molecule has 4 aliphatic heterocycles. The van der Waals surface area contributed by atoms with E-state index in [4.69, 9.17) is 17.2 Å². The van der Waals surface area contributed by atoms with Crippen molar-refractivity contribution in [3.05, 3.63) is 18.2 Å². The highest BCUT2D eigenvalue weighted by Crippen LogP contribution is 2.27. The van der Waals surface area contributed by atoms with Crippen LogP contribution < -0.4 is 81.0 Å². The highest BCUT2D eigenvalue weighted by atomic mass is 33.1. The standard InChI is InChI=1S/C55H87N19O16S4/c1-26(2)16-32-48(83)70-35-22-92-91-21-34(45(80)62-19-40(77)65-29(9-7-14-60-55(57)58)46(81)66-30(47(82)67-32)8-5-6-13-56)69-50(85)36(71-51(86)42(27(3)4)73-41(78)20-61-44(79)31-10-11-39(76)64-31)23-93-94-24-37(54(89)90)72-52(87)43-38(75)12-15-74(43)53(88)33(68-49(35)84)17-28-18-59-25-63-28/h18,25-27,29-38,42-43,75H,5-17,19-24,56H2,1-4H3,(H,59,63)(H,61,79)(H,62,80)(H,64,76)(H,65,77)(H,66,81)(H,67,82)(H,68,84)(H,69,85)(H,70,83)(H,71,86)(H,72,87)(H,73,78)(H,89,90)(H4,57,58,60)/t29-,30-,31-,32-,33-,34-,35-,36-,37-,38-,42-,43-/m0/s1. The van der Waals surface area contributed by atoms with Crippen molar-refractivity contribution in [2.45, 2.75) is 164 Å². The molecule has 522 valence electrons. The number of carbonyl (C=O) groups excluding carboxylic acids is 13. The summed E-state index contributed by atoms with van der Waals surface area (Å²) in [4.78, 5) is 207. The maximum Gasteiger partial charge on any atom is 0.327 e. The number of nitrogens with one attached hydrogen (secondary N) is 13. The van der Waals surface area contributed by atoms with Crippen LogP contribution in [-0.4, -0.2) is 242 Å². The molecule has 21 N–H and O–H groups in total. The molecule has 0 saturated carbocycles. The number of aliphatic imine (C=N–C) groups is 1. The van der Waals surface area contributed by atoms with E-state index in [1.807, 2.05) is 0 Å². The number of amides is 13. The van der Waals surface area contributed by atoms with Gasteiger partial charge in [0.15, 0.2) is 5.96 Å². The average molecular weight is 1400 g/mol. The SMILES string of the molecule is CC(C)C[C@@H]1NC(=O)[C@H](CCCCN)NC(=O)[C@H](CCCN=C(N)N)NC(=O)CNC(=O)[C@@H]2CSSC[C@H](NC1=O)C(=O)N[C@@H](Cc1cnc[nH]1)C(=O)N1CC[C@H](O)[C@H]1C(=O)N[C@H](C(=O)O)CSSC[C@H](NC(=O)[C@@H](NC(=O)CNC(=O)[C@@H]1CCC(=O)N1)C(C)C)C(=O)N2. The third-order valence-electron chi connectivity index (χ3n) is 15.1. The number of nitrogens with zero attached hydrogens (tertiary/aromatic N) is 3. The molecule has 0 aromatic carbocycles.